The molecule has 146 valence electrons. The van der Waals surface area contributed by atoms with Gasteiger partial charge in [-0.2, -0.15) is 0 Å². The summed E-state index contributed by atoms with van der Waals surface area (Å²) in [6, 6.07) is 3.21. The Kier molecular flexibility index (Phi) is 10.9. The van der Waals surface area contributed by atoms with Gasteiger partial charge < -0.3 is 14.2 Å². The van der Waals surface area contributed by atoms with Crippen molar-refractivity contribution in [2.45, 2.75) is 13.8 Å². The van der Waals surface area contributed by atoms with E-state index in [-0.39, 0.29) is 21.0 Å². The minimum Gasteiger partial charge on any atom is -0.490 e. The van der Waals surface area contributed by atoms with Gasteiger partial charge in [-0.05, 0) is 12.2 Å². The van der Waals surface area contributed by atoms with Crippen LogP contribution in [0.5, 0.6) is 11.5 Å². The van der Waals surface area contributed by atoms with E-state index in [0.717, 1.165) is 0 Å². The third kappa shape index (κ3) is 9.80. The van der Waals surface area contributed by atoms with E-state index in [1.165, 1.54) is 6.08 Å². The van der Waals surface area contributed by atoms with Crippen LogP contribution >= 0.6 is 69.6 Å². The molecule has 0 unspecified atom stereocenters. The van der Waals surface area contributed by atoms with Gasteiger partial charge in [0, 0.05) is 17.5 Å². The van der Waals surface area contributed by atoms with E-state index in [4.69, 9.17) is 83.8 Å². The van der Waals surface area contributed by atoms with Crippen molar-refractivity contribution in [3.05, 3.63) is 43.3 Å². The molecule has 0 aliphatic carbocycles. The molecule has 0 fully saturated rings. The molecule has 0 aliphatic heterocycles. The summed E-state index contributed by atoms with van der Waals surface area (Å²) < 4.78 is 17.0. The lowest BCUT2D eigenvalue weighted by atomic mass is 9.96. The first kappa shape index (κ1) is 24.0. The van der Waals surface area contributed by atoms with Gasteiger partial charge in [0.05, 0.1) is 29.9 Å². The van der Waals surface area contributed by atoms with E-state index in [1.807, 2.05) is 13.8 Å². The SMILES string of the molecule is CC(C)(COCC=C(Cl)Cl)COc1c(Cl)cc(OCC=C(Cl)Cl)cc1Cl. The maximum atomic E-state index is 6.24. The molecular weight excluding hydrogens is 465 g/mol. The average Bonchev–Trinajstić information content (AvgIpc) is 2.50. The van der Waals surface area contributed by atoms with Gasteiger partial charge in [-0.15, -0.1) is 0 Å². The van der Waals surface area contributed by atoms with Crippen LogP contribution in [0.3, 0.4) is 0 Å². The summed E-state index contributed by atoms with van der Waals surface area (Å²) in [7, 11) is 0. The Balaban J connectivity index is 2.63. The van der Waals surface area contributed by atoms with E-state index >= 15 is 0 Å². The van der Waals surface area contributed by atoms with Gasteiger partial charge in [0.1, 0.15) is 21.3 Å². The van der Waals surface area contributed by atoms with Crippen LogP contribution in [0.4, 0.5) is 0 Å². The van der Waals surface area contributed by atoms with E-state index in [1.54, 1.807) is 18.2 Å². The zero-order valence-corrected chi connectivity index (χ0v) is 18.7. The molecule has 0 N–H and O–H groups in total. The first-order valence-electron chi connectivity index (χ1n) is 7.45. The van der Waals surface area contributed by atoms with Gasteiger partial charge in [0.15, 0.2) is 5.75 Å². The molecule has 1 rings (SSSR count). The highest BCUT2D eigenvalue weighted by atomic mass is 35.5. The number of hydrogen-bond acceptors (Lipinski definition) is 3. The molecule has 0 bridgehead atoms. The van der Waals surface area contributed by atoms with Crippen molar-refractivity contribution in [1.82, 2.24) is 0 Å². The standard InChI is InChI=1S/C17H18Cl6O3/c1-17(2,9-24-5-3-14(20)21)10-26-16-12(18)7-11(8-13(16)19)25-6-4-15(22)23/h3-4,7-8H,5-6,9-10H2,1-2H3. The van der Waals surface area contributed by atoms with Crippen LogP contribution in [0, 0.1) is 5.41 Å². The molecule has 0 aliphatic rings. The van der Waals surface area contributed by atoms with Crippen LogP contribution in [0.2, 0.25) is 10.0 Å². The van der Waals surface area contributed by atoms with Crippen LogP contribution in [-0.4, -0.2) is 26.4 Å². The van der Waals surface area contributed by atoms with Crippen molar-refractivity contribution in [3.63, 3.8) is 0 Å². The van der Waals surface area contributed by atoms with Gasteiger partial charge in [0.25, 0.3) is 0 Å². The van der Waals surface area contributed by atoms with Crippen molar-refractivity contribution in [2.24, 2.45) is 5.41 Å². The van der Waals surface area contributed by atoms with Crippen LogP contribution < -0.4 is 9.47 Å². The fourth-order valence-electron chi connectivity index (χ4n) is 1.73. The summed E-state index contributed by atoms with van der Waals surface area (Å²) in [5.41, 5.74) is -0.281. The highest BCUT2D eigenvalue weighted by Gasteiger charge is 2.21. The molecule has 9 heteroatoms. The summed E-state index contributed by atoms with van der Waals surface area (Å²) in [5, 5.41) is 0.670. The maximum absolute atomic E-state index is 6.24. The number of ether oxygens (including phenoxy) is 3. The molecule has 0 atom stereocenters. The predicted molar refractivity (Wildman–Crippen MR) is 112 cm³/mol. The Morgan fingerprint density at radius 1 is 0.885 bits per heavy atom. The second-order valence-electron chi connectivity index (χ2n) is 5.98. The van der Waals surface area contributed by atoms with Crippen LogP contribution in [0.25, 0.3) is 0 Å². The van der Waals surface area contributed by atoms with Crippen LogP contribution in [0.15, 0.2) is 33.3 Å². The lowest BCUT2D eigenvalue weighted by molar-refractivity contribution is 0.0480. The average molecular weight is 483 g/mol. The Morgan fingerprint density at radius 2 is 1.42 bits per heavy atom. The Bertz CT molecular complexity index is 627. The Labute approximate surface area is 183 Å². The molecule has 0 spiro atoms. The molecule has 0 radical (unpaired) electrons. The van der Waals surface area contributed by atoms with E-state index in [2.05, 4.69) is 0 Å². The van der Waals surface area contributed by atoms with Gasteiger partial charge in [0.2, 0.25) is 0 Å². The third-order valence-corrected chi connectivity index (χ3v) is 4.09. The summed E-state index contributed by atoms with van der Waals surface area (Å²) in [6.07, 6.45) is 3.07. The van der Waals surface area contributed by atoms with Gasteiger partial charge in [-0.1, -0.05) is 83.5 Å². The monoisotopic (exact) mass is 480 g/mol. The van der Waals surface area contributed by atoms with Gasteiger partial charge >= 0.3 is 0 Å². The molecule has 0 saturated heterocycles. The normalized spacial score (nSPS) is 11.1. The summed E-state index contributed by atoms with van der Waals surface area (Å²) in [6.45, 7) is 5.27. The highest BCUT2D eigenvalue weighted by Crippen LogP contribution is 2.38. The fraction of sp³-hybridized carbons (Fsp3) is 0.412. The topological polar surface area (TPSA) is 27.7 Å². The number of benzene rings is 1. The quantitative estimate of drug-likeness (QED) is 0.324. The van der Waals surface area contributed by atoms with Crippen molar-refractivity contribution >= 4 is 69.6 Å². The largest absolute Gasteiger partial charge is 0.490 e. The highest BCUT2D eigenvalue weighted by molar-refractivity contribution is 6.56. The van der Waals surface area contributed by atoms with E-state index in [0.29, 0.717) is 41.4 Å². The second kappa shape index (κ2) is 11.8. The van der Waals surface area contributed by atoms with Crippen LogP contribution in [0.1, 0.15) is 13.8 Å². The summed E-state index contributed by atoms with van der Waals surface area (Å²) >= 11 is 34.6. The molecule has 0 amide bonds. The van der Waals surface area contributed by atoms with Crippen molar-refractivity contribution in [3.8, 4) is 11.5 Å². The van der Waals surface area contributed by atoms with Crippen molar-refractivity contribution < 1.29 is 14.2 Å². The minimum atomic E-state index is -0.281. The summed E-state index contributed by atoms with van der Waals surface area (Å²) in [5.74, 6) is 0.855. The molecular formula is C17H18Cl6O3. The van der Waals surface area contributed by atoms with E-state index in [9.17, 15) is 0 Å². The predicted octanol–water partition coefficient (Wildman–Crippen LogP) is 7.43. The van der Waals surface area contributed by atoms with Gasteiger partial charge in [-0.3, -0.25) is 0 Å². The fourth-order valence-corrected chi connectivity index (χ4v) is 2.55. The van der Waals surface area contributed by atoms with Gasteiger partial charge in [-0.25, -0.2) is 0 Å². The van der Waals surface area contributed by atoms with Crippen molar-refractivity contribution in [1.29, 1.82) is 0 Å². The second-order valence-corrected chi connectivity index (χ2v) is 8.81. The lowest BCUT2D eigenvalue weighted by Crippen LogP contribution is -2.27. The third-order valence-electron chi connectivity index (χ3n) is 2.91. The summed E-state index contributed by atoms with van der Waals surface area (Å²) in [4.78, 5) is 0. The number of halogens is 6. The molecule has 0 aromatic heterocycles. The maximum Gasteiger partial charge on any atom is 0.156 e. The minimum absolute atomic E-state index is 0.121. The van der Waals surface area contributed by atoms with Crippen molar-refractivity contribution in [2.75, 3.05) is 26.4 Å². The number of rotatable bonds is 10. The number of hydrogen-bond donors (Lipinski definition) is 0. The molecule has 3 nitrogen and oxygen atoms in total. The zero-order chi connectivity index (χ0) is 19.7. The molecule has 1 aromatic rings. The van der Waals surface area contributed by atoms with E-state index < -0.39 is 0 Å². The van der Waals surface area contributed by atoms with Crippen LogP contribution in [-0.2, 0) is 4.74 Å². The lowest BCUT2D eigenvalue weighted by Gasteiger charge is -2.25. The molecule has 0 saturated carbocycles. The first-order valence-corrected chi connectivity index (χ1v) is 9.72. The molecule has 0 heterocycles. The zero-order valence-electron chi connectivity index (χ0n) is 14.1. The smallest absolute Gasteiger partial charge is 0.156 e. The molecule has 26 heavy (non-hydrogen) atoms. The molecule has 1 aromatic carbocycles. The first-order chi connectivity index (χ1) is 12.1. The Morgan fingerprint density at radius 3 is 1.96 bits per heavy atom. The Hall–Kier alpha value is -0.000000000000000167.